The fourth-order valence-corrected chi connectivity index (χ4v) is 8.72. The van der Waals surface area contributed by atoms with E-state index >= 15 is 0 Å². The van der Waals surface area contributed by atoms with Crippen molar-refractivity contribution >= 4 is 75.7 Å². The van der Waals surface area contributed by atoms with E-state index < -0.39 is 0 Å². The van der Waals surface area contributed by atoms with Crippen molar-refractivity contribution in [3.05, 3.63) is 188 Å². The first-order valence-electron chi connectivity index (χ1n) is 17.7. The van der Waals surface area contributed by atoms with Crippen molar-refractivity contribution < 1.29 is 0 Å². The Balaban J connectivity index is 1.21. The molecule has 236 valence electrons. The van der Waals surface area contributed by atoms with Gasteiger partial charge >= 0.3 is 0 Å². The highest BCUT2D eigenvalue weighted by atomic mass is 15.0. The zero-order chi connectivity index (χ0) is 33.5. The molecule has 11 aromatic rings. The minimum Gasteiger partial charge on any atom is -0.309 e. The lowest BCUT2D eigenvalue weighted by Crippen LogP contribution is -1.95. The summed E-state index contributed by atoms with van der Waals surface area (Å²) in [4.78, 5) is 0. The first-order chi connectivity index (χ1) is 25.3. The van der Waals surface area contributed by atoms with Crippen molar-refractivity contribution in [3.63, 3.8) is 0 Å². The highest BCUT2D eigenvalue weighted by Gasteiger charge is 2.20. The van der Waals surface area contributed by atoms with Crippen LogP contribution in [0.15, 0.2) is 188 Å². The molecular formula is C50H31N. The molecule has 0 bridgehead atoms. The predicted octanol–water partition coefficient (Wildman–Crippen LogP) is 13.9. The molecule has 0 amide bonds. The minimum absolute atomic E-state index is 1.16. The molecule has 1 heterocycles. The van der Waals surface area contributed by atoms with E-state index in [1.807, 2.05) is 0 Å². The van der Waals surface area contributed by atoms with Crippen LogP contribution in [-0.4, -0.2) is 4.57 Å². The number of hydrogen-bond donors (Lipinski definition) is 0. The second-order valence-corrected chi connectivity index (χ2v) is 13.7. The van der Waals surface area contributed by atoms with Crippen molar-refractivity contribution in [1.82, 2.24) is 4.57 Å². The topological polar surface area (TPSA) is 4.93 Å². The summed E-state index contributed by atoms with van der Waals surface area (Å²) in [7, 11) is 0. The molecular weight excluding hydrogens is 615 g/mol. The van der Waals surface area contributed by atoms with Crippen LogP contribution in [0.5, 0.6) is 0 Å². The number of rotatable bonds is 3. The summed E-state index contributed by atoms with van der Waals surface area (Å²) in [5.41, 5.74) is 8.60. The normalized spacial score (nSPS) is 11.9. The van der Waals surface area contributed by atoms with Crippen LogP contribution in [0.3, 0.4) is 0 Å². The van der Waals surface area contributed by atoms with E-state index in [0.29, 0.717) is 0 Å². The van der Waals surface area contributed by atoms with Crippen LogP contribution in [0.1, 0.15) is 0 Å². The lowest BCUT2D eigenvalue weighted by molar-refractivity contribution is 1.18. The van der Waals surface area contributed by atoms with Gasteiger partial charge in [-0.3, -0.25) is 0 Å². The van der Waals surface area contributed by atoms with Gasteiger partial charge in [-0.25, -0.2) is 0 Å². The maximum atomic E-state index is 2.47. The fourth-order valence-electron chi connectivity index (χ4n) is 8.72. The molecule has 0 fully saturated rings. The Hall–Kier alpha value is -6.70. The summed E-state index contributed by atoms with van der Waals surface area (Å²) in [6.45, 7) is 0. The van der Waals surface area contributed by atoms with Gasteiger partial charge in [0.1, 0.15) is 0 Å². The van der Waals surface area contributed by atoms with E-state index in [1.165, 1.54) is 97.9 Å². The average Bonchev–Trinajstić information content (AvgIpc) is 3.55. The van der Waals surface area contributed by atoms with Crippen molar-refractivity contribution in [3.8, 4) is 27.9 Å². The van der Waals surface area contributed by atoms with Gasteiger partial charge < -0.3 is 4.57 Å². The number of fused-ring (bicyclic) bond motifs is 10. The molecule has 0 atom stereocenters. The van der Waals surface area contributed by atoms with Crippen molar-refractivity contribution in [2.75, 3.05) is 0 Å². The highest BCUT2D eigenvalue weighted by Crippen LogP contribution is 2.45. The van der Waals surface area contributed by atoms with Crippen LogP contribution >= 0.6 is 0 Å². The van der Waals surface area contributed by atoms with Crippen LogP contribution in [0.25, 0.3) is 104 Å². The molecule has 1 nitrogen and oxygen atoms in total. The van der Waals surface area contributed by atoms with Gasteiger partial charge in [0.05, 0.1) is 11.0 Å². The molecule has 0 spiro atoms. The fraction of sp³-hybridized carbons (Fsp3) is 0. The monoisotopic (exact) mass is 645 g/mol. The Labute approximate surface area is 295 Å². The average molecular weight is 646 g/mol. The Bertz CT molecular complexity index is 3050. The number of aromatic nitrogens is 1. The second kappa shape index (κ2) is 10.9. The van der Waals surface area contributed by atoms with Crippen LogP contribution in [0.4, 0.5) is 0 Å². The molecule has 0 N–H and O–H groups in total. The van der Waals surface area contributed by atoms with Gasteiger partial charge in [-0.15, -0.1) is 0 Å². The van der Waals surface area contributed by atoms with Gasteiger partial charge in [-0.2, -0.15) is 0 Å². The van der Waals surface area contributed by atoms with E-state index in [0.717, 1.165) is 5.69 Å². The molecule has 0 saturated carbocycles. The molecule has 11 rings (SSSR count). The van der Waals surface area contributed by atoms with Gasteiger partial charge in [0.25, 0.3) is 0 Å². The molecule has 0 saturated heterocycles. The Morgan fingerprint density at radius 2 is 0.706 bits per heavy atom. The SMILES string of the molecule is c1cc(-c2c3ccccc3c(-c3ccc4ccccc4c3)c3ccccc23)cc(-n2c3ccc4ccccc4c3c3c4ccccc4ccc32)c1. The summed E-state index contributed by atoms with van der Waals surface area (Å²) in [6, 6.07) is 69.3. The number of nitrogens with zero attached hydrogens (tertiary/aromatic N) is 1. The molecule has 10 aromatic carbocycles. The zero-order valence-corrected chi connectivity index (χ0v) is 27.8. The molecule has 1 heteroatoms. The third-order valence-corrected chi connectivity index (χ3v) is 10.9. The van der Waals surface area contributed by atoms with E-state index in [4.69, 9.17) is 0 Å². The van der Waals surface area contributed by atoms with Crippen LogP contribution in [0, 0.1) is 0 Å². The Morgan fingerprint density at radius 1 is 0.275 bits per heavy atom. The van der Waals surface area contributed by atoms with Crippen molar-refractivity contribution in [2.45, 2.75) is 0 Å². The maximum absolute atomic E-state index is 2.47. The third-order valence-electron chi connectivity index (χ3n) is 10.9. The first kappa shape index (κ1) is 28.2. The van der Waals surface area contributed by atoms with Crippen molar-refractivity contribution in [1.29, 1.82) is 0 Å². The zero-order valence-electron chi connectivity index (χ0n) is 27.8. The lowest BCUT2D eigenvalue weighted by atomic mass is 9.85. The van der Waals surface area contributed by atoms with Crippen molar-refractivity contribution in [2.24, 2.45) is 0 Å². The summed E-state index contributed by atoms with van der Waals surface area (Å²) < 4.78 is 2.47. The minimum atomic E-state index is 1.16. The lowest BCUT2D eigenvalue weighted by Gasteiger charge is -2.19. The highest BCUT2D eigenvalue weighted by molar-refractivity contribution is 6.28. The predicted molar refractivity (Wildman–Crippen MR) is 219 cm³/mol. The smallest absolute Gasteiger partial charge is 0.0547 e. The molecule has 51 heavy (non-hydrogen) atoms. The van der Waals surface area contributed by atoms with Gasteiger partial charge in [0, 0.05) is 16.5 Å². The van der Waals surface area contributed by atoms with E-state index in [1.54, 1.807) is 0 Å². The molecule has 0 aliphatic rings. The van der Waals surface area contributed by atoms with Crippen LogP contribution in [0.2, 0.25) is 0 Å². The van der Waals surface area contributed by atoms with E-state index in [2.05, 4.69) is 193 Å². The van der Waals surface area contributed by atoms with Gasteiger partial charge in [-0.1, -0.05) is 158 Å². The molecule has 0 aliphatic heterocycles. The standard InChI is InChI=1S/C50H31N/c1-2-15-35-30-37(25-24-32(35)12-1)48-43-22-9-7-20-41(43)47(42-21-8-10-23-44(42)48)36-16-11-17-38(31-36)51-45-28-26-33-13-3-5-18-39(33)49(45)50-40-19-6-4-14-34(40)27-29-46(50)51/h1-31H. The van der Waals surface area contributed by atoms with E-state index in [-0.39, 0.29) is 0 Å². The Morgan fingerprint density at radius 3 is 1.25 bits per heavy atom. The molecule has 0 unspecified atom stereocenters. The van der Waals surface area contributed by atoms with E-state index in [9.17, 15) is 0 Å². The summed E-state index contributed by atoms with van der Waals surface area (Å²) >= 11 is 0. The van der Waals surface area contributed by atoms with Gasteiger partial charge in [0.15, 0.2) is 0 Å². The van der Waals surface area contributed by atoms with Gasteiger partial charge in [-0.05, 0) is 106 Å². The number of benzene rings is 10. The third kappa shape index (κ3) is 4.16. The second-order valence-electron chi connectivity index (χ2n) is 13.7. The number of hydrogen-bond acceptors (Lipinski definition) is 0. The van der Waals surface area contributed by atoms with Crippen LogP contribution < -0.4 is 0 Å². The maximum Gasteiger partial charge on any atom is 0.0547 e. The summed E-state index contributed by atoms with van der Waals surface area (Å²) in [6.07, 6.45) is 0. The molecule has 1 aromatic heterocycles. The first-order valence-corrected chi connectivity index (χ1v) is 17.7. The summed E-state index contributed by atoms with van der Waals surface area (Å²) in [5, 5.41) is 15.3. The molecule has 0 aliphatic carbocycles. The summed E-state index contributed by atoms with van der Waals surface area (Å²) in [5.74, 6) is 0. The van der Waals surface area contributed by atoms with Gasteiger partial charge in [0.2, 0.25) is 0 Å². The molecule has 0 radical (unpaired) electrons. The van der Waals surface area contributed by atoms with Crippen LogP contribution in [-0.2, 0) is 0 Å². The quantitative estimate of drug-likeness (QED) is 0.169. The Kier molecular flexibility index (Phi) is 6.02. The largest absolute Gasteiger partial charge is 0.309 e.